The van der Waals surface area contributed by atoms with Crippen LogP contribution in [0.15, 0.2) is 36.5 Å². The molecule has 12 nitrogen and oxygen atoms in total. The molecule has 224 valence electrons. The minimum atomic E-state index is -1.32. The molecule has 3 aromatic rings. The van der Waals surface area contributed by atoms with E-state index in [0.29, 0.717) is 60.9 Å². The molecular weight excluding hydrogens is 557 g/mol. The molecule has 8 rings (SSSR count). The Morgan fingerprint density at radius 3 is 2.74 bits per heavy atom. The van der Waals surface area contributed by atoms with Crippen molar-refractivity contribution in [1.29, 1.82) is 0 Å². The number of likely N-dealkylation sites (N-methyl/N-ethyl adjacent to an activating group) is 1. The second kappa shape index (κ2) is 11.8. The second-order valence-electron chi connectivity index (χ2n) is 10.8. The van der Waals surface area contributed by atoms with E-state index < -0.39 is 23.7 Å². The summed E-state index contributed by atoms with van der Waals surface area (Å²) in [5, 5.41) is 8.62. The number of benzene rings is 2. The first-order chi connectivity index (χ1) is 20.8. The van der Waals surface area contributed by atoms with E-state index in [9.17, 15) is 18.8 Å². The Hall–Kier alpha value is -4.78. The summed E-state index contributed by atoms with van der Waals surface area (Å²) in [6.45, 7) is 1.79. The van der Waals surface area contributed by atoms with E-state index in [2.05, 4.69) is 25.9 Å². The number of halogens is 1. The van der Waals surface area contributed by atoms with Crippen LogP contribution in [-0.2, 0) is 27.2 Å². The fraction of sp³-hybridized carbons (Fsp3) is 0.367. The average Bonchev–Trinajstić information content (AvgIpc) is 3.40. The van der Waals surface area contributed by atoms with Crippen LogP contribution in [-0.4, -0.2) is 79.0 Å². The fourth-order valence-corrected chi connectivity index (χ4v) is 5.49. The van der Waals surface area contributed by atoms with Gasteiger partial charge in [0.15, 0.2) is 5.82 Å². The van der Waals surface area contributed by atoms with Crippen LogP contribution in [0.4, 0.5) is 27.4 Å². The van der Waals surface area contributed by atoms with Gasteiger partial charge in [-0.05, 0) is 68.2 Å². The minimum Gasteiger partial charge on any atom is -0.495 e. The highest BCUT2D eigenvalue weighted by molar-refractivity contribution is 6.11. The number of methoxy groups -OCH3 is 1. The van der Waals surface area contributed by atoms with Gasteiger partial charge in [0.2, 0.25) is 11.9 Å². The molecule has 8 bridgehead atoms. The summed E-state index contributed by atoms with van der Waals surface area (Å²) >= 11 is 0. The summed E-state index contributed by atoms with van der Waals surface area (Å²) in [4.78, 5) is 50.9. The van der Waals surface area contributed by atoms with Crippen LogP contribution in [0.3, 0.4) is 0 Å². The Morgan fingerprint density at radius 2 is 1.91 bits per heavy atom. The number of carbonyl (C=O) groups is 3. The molecule has 43 heavy (non-hydrogen) atoms. The first-order valence-corrected chi connectivity index (χ1v) is 14.2. The molecule has 0 aliphatic carbocycles. The lowest BCUT2D eigenvalue weighted by atomic mass is 10.1. The Bertz CT molecular complexity index is 1600. The molecule has 1 atom stereocenters. The van der Waals surface area contributed by atoms with Crippen LogP contribution in [0.1, 0.15) is 29.7 Å². The van der Waals surface area contributed by atoms with Gasteiger partial charge >= 0.3 is 0 Å². The average molecular weight is 590 g/mol. The Balaban J connectivity index is 1.33. The standard InChI is InChI=1S/C30H32FN7O5/c1-37-9-4-3-8-32-28(40)27-29(41)34-21-12-17(5-6-24(21)43-27)11-20-19(31)15-33-30(35-20)36-22-14-23-18(13-25(22)42-2)7-10-38(23)26(39)16-37/h5-6,12-15,27H,3-4,7-11,16H2,1-2H3,(H,32,40)(H,34,41)(H,33,35,36). The summed E-state index contributed by atoms with van der Waals surface area (Å²) < 4.78 is 26.2. The number of hydrogen-bond acceptors (Lipinski definition) is 9. The SMILES string of the molecule is COc1cc2c3cc1Nc1ncc(F)c(n1)Cc1ccc4c(c1)NC(=O)C(O4)C(=O)NCCCCN(C)CC(=O)N3CC2. The summed E-state index contributed by atoms with van der Waals surface area (Å²) in [6, 6.07) is 8.76. The van der Waals surface area contributed by atoms with Gasteiger partial charge in [0, 0.05) is 25.2 Å². The number of anilines is 4. The van der Waals surface area contributed by atoms with Crippen molar-refractivity contribution in [3.8, 4) is 11.5 Å². The maximum Gasteiger partial charge on any atom is 0.275 e. The van der Waals surface area contributed by atoms with Gasteiger partial charge in [0.05, 0.1) is 36.9 Å². The van der Waals surface area contributed by atoms with E-state index in [4.69, 9.17) is 9.47 Å². The molecule has 2 aromatic carbocycles. The van der Waals surface area contributed by atoms with Crippen molar-refractivity contribution in [2.24, 2.45) is 0 Å². The number of ether oxygens (including phenoxy) is 2. The minimum absolute atomic E-state index is 0.0361. The van der Waals surface area contributed by atoms with Crippen molar-refractivity contribution >= 4 is 40.7 Å². The van der Waals surface area contributed by atoms with Crippen molar-refractivity contribution < 1.29 is 28.2 Å². The monoisotopic (exact) mass is 589 g/mol. The lowest BCUT2D eigenvalue weighted by Crippen LogP contribution is -2.48. The van der Waals surface area contributed by atoms with E-state index in [0.717, 1.165) is 23.9 Å². The fourth-order valence-electron chi connectivity index (χ4n) is 5.49. The van der Waals surface area contributed by atoms with Gasteiger partial charge in [0.1, 0.15) is 11.5 Å². The molecule has 1 aromatic heterocycles. The van der Waals surface area contributed by atoms with Gasteiger partial charge in [-0.25, -0.2) is 14.4 Å². The molecule has 5 aliphatic heterocycles. The highest BCUT2D eigenvalue weighted by Gasteiger charge is 2.34. The summed E-state index contributed by atoms with van der Waals surface area (Å²) in [5.41, 5.74) is 3.50. The zero-order chi connectivity index (χ0) is 30.1. The van der Waals surface area contributed by atoms with Crippen molar-refractivity contribution in [1.82, 2.24) is 20.2 Å². The van der Waals surface area contributed by atoms with Crippen LogP contribution in [0.2, 0.25) is 0 Å². The van der Waals surface area contributed by atoms with E-state index in [-0.39, 0.29) is 30.5 Å². The molecule has 0 saturated heterocycles. The Morgan fingerprint density at radius 1 is 1.05 bits per heavy atom. The number of carbonyl (C=O) groups excluding carboxylic acids is 3. The van der Waals surface area contributed by atoms with E-state index in [1.807, 2.05) is 24.1 Å². The van der Waals surface area contributed by atoms with Crippen molar-refractivity contribution in [2.75, 3.05) is 55.9 Å². The molecule has 1 unspecified atom stereocenters. The number of aromatic nitrogens is 2. The molecule has 6 heterocycles. The molecular formula is C30H32FN7O5. The van der Waals surface area contributed by atoms with Gasteiger partial charge in [0.25, 0.3) is 17.9 Å². The molecule has 13 heteroatoms. The normalized spacial score (nSPS) is 19.3. The van der Waals surface area contributed by atoms with Crippen LogP contribution in [0.5, 0.6) is 11.5 Å². The maximum atomic E-state index is 14.8. The largest absolute Gasteiger partial charge is 0.495 e. The molecule has 3 N–H and O–H groups in total. The zero-order valence-electron chi connectivity index (χ0n) is 23.9. The van der Waals surface area contributed by atoms with Gasteiger partial charge in [-0.3, -0.25) is 19.3 Å². The Kier molecular flexibility index (Phi) is 7.80. The summed E-state index contributed by atoms with van der Waals surface area (Å²) in [7, 11) is 3.44. The summed E-state index contributed by atoms with van der Waals surface area (Å²) in [6.07, 6.45) is 1.98. The Labute approximate surface area is 247 Å². The maximum absolute atomic E-state index is 14.8. The van der Waals surface area contributed by atoms with Gasteiger partial charge in [-0.15, -0.1) is 0 Å². The third-order valence-corrected chi connectivity index (χ3v) is 7.73. The van der Waals surface area contributed by atoms with Gasteiger partial charge < -0.3 is 30.3 Å². The van der Waals surface area contributed by atoms with Crippen LogP contribution in [0.25, 0.3) is 0 Å². The molecule has 0 saturated carbocycles. The summed E-state index contributed by atoms with van der Waals surface area (Å²) in [5.74, 6) is -0.699. The number of hydrogen-bond donors (Lipinski definition) is 3. The van der Waals surface area contributed by atoms with Crippen molar-refractivity contribution in [3.63, 3.8) is 0 Å². The first-order valence-electron chi connectivity index (χ1n) is 14.2. The number of amides is 3. The predicted molar refractivity (Wildman–Crippen MR) is 156 cm³/mol. The smallest absolute Gasteiger partial charge is 0.275 e. The van der Waals surface area contributed by atoms with Crippen LogP contribution in [0, 0.1) is 5.82 Å². The van der Waals surface area contributed by atoms with Crippen LogP contribution >= 0.6 is 0 Å². The molecule has 0 fully saturated rings. The quantitative estimate of drug-likeness (QED) is 0.365. The van der Waals surface area contributed by atoms with Crippen molar-refractivity contribution in [3.05, 3.63) is 59.2 Å². The van der Waals surface area contributed by atoms with Gasteiger partial charge in [-0.2, -0.15) is 0 Å². The molecule has 0 radical (unpaired) electrons. The molecule has 5 aliphatic rings. The number of rotatable bonds is 1. The predicted octanol–water partition coefficient (Wildman–Crippen LogP) is 2.39. The first kappa shape index (κ1) is 28.3. The third-order valence-electron chi connectivity index (χ3n) is 7.73. The number of fused-ring (bicyclic) bond motifs is 2. The van der Waals surface area contributed by atoms with E-state index >= 15 is 0 Å². The topological polar surface area (TPSA) is 138 Å². The molecule has 3 amide bonds. The lowest BCUT2D eigenvalue weighted by Gasteiger charge is -2.25. The van der Waals surface area contributed by atoms with Crippen molar-refractivity contribution in [2.45, 2.75) is 31.8 Å². The highest BCUT2D eigenvalue weighted by Crippen LogP contribution is 2.38. The third kappa shape index (κ3) is 5.93. The lowest BCUT2D eigenvalue weighted by molar-refractivity contribution is -0.137. The molecule has 0 spiro atoms. The number of nitrogens with one attached hydrogen (secondary N) is 3. The van der Waals surface area contributed by atoms with E-state index in [1.54, 1.807) is 30.2 Å². The van der Waals surface area contributed by atoms with E-state index in [1.165, 1.54) is 0 Å². The second-order valence-corrected chi connectivity index (χ2v) is 10.8. The van der Waals surface area contributed by atoms with Crippen LogP contribution < -0.4 is 30.3 Å². The van der Waals surface area contributed by atoms with Gasteiger partial charge in [-0.1, -0.05) is 6.07 Å². The zero-order valence-corrected chi connectivity index (χ0v) is 23.9. The highest BCUT2D eigenvalue weighted by atomic mass is 19.1. The number of nitrogens with zero attached hydrogens (tertiary/aromatic N) is 4.